The van der Waals surface area contributed by atoms with Crippen molar-refractivity contribution in [1.82, 2.24) is 0 Å². The van der Waals surface area contributed by atoms with Gasteiger partial charge in [0.15, 0.2) is 12.1 Å². The molecule has 0 fully saturated rings. The molecule has 43 heavy (non-hydrogen) atoms. The minimum Gasteiger partial charge on any atom is -0.544 e. The topological polar surface area (TPSA) is 107 Å². The number of aliphatic carboxylic acids is 1. The third kappa shape index (κ3) is 6.40. The molecule has 0 bridgehead atoms. The Morgan fingerprint density at radius 3 is 1.30 bits per heavy atom. The highest BCUT2D eigenvalue weighted by atomic mass is 19.4. The van der Waals surface area contributed by atoms with Gasteiger partial charge >= 0.3 is 53.6 Å². The molecule has 0 rings (SSSR count). The standard InChI is InChI=1S/C19H20F17NO6/c1-7(40)43-11(9(6-39)37(2,3)4-10(41)42)8(5-38)12(20,21)13(22,23)14(24,25)15(26,27)16(28,29)17(30,31)18(32,33)19(34,35)36/h8-9,11,38-39H,4-6H2,1-3H3. The summed E-state index contributed by atoms with van der Waals surface area (Å²) in [5, 5.41) is 29.8. The van der Waals surface area contributed by atoms with Crippen LogP contribution in [0.15, 0.2) is 0 Å². The van der Waals surface area contributed by atoms with Crippen molar-refractivity contribution < 1.29 is 109 Å². The summed E-state index contributed by atoms with van der Waals surface area (Å²) in [4.78, 5) is 22.4. The van der Waals surface area contributed by atoms with Crippen molar-refractivity contribution in [2.75, 3.05) is 33.9 Å². The molecule has 0 aromatic carbocycles. The van der Waals surface area contributed by atoms with Crippen LogP contribution in [0, 0.1) is 5.92 Å². The summed E-state index contributed by atoms with van der Waals surface area (Å²) in [6.07, 6.45) is -11.3. The van der Waals surface area contributed by atoms with Crippen LogP contribution in [0.5, 0.6) is 0 Å². The van der Waals surface area contributed by atoms with Gasteiger partial charge in [-0.15, -0.1) is 0 Å². The van der Waals surface area contributed by atoms with Crippen molar-refractivity contribution in [1.29, 1.82) is 0 Å². The van der Waals surface area contributed by atoms with Crippen molar-refractivity contribution >= 4 is 11.9 Å². The lowest BCUT2D eigenvalue weighted by atomic mass is 9.81. The zero-order valence-corrected chi connectivity index (χ0v) is 21.3. The molecular formula is C19H20F17NO6. The van der Waals surface area contributed by atoms with Crippen molar-refractivity contribution in [2.24, 2.45) is 5.92 Å². The highest BCUT2D eigenvalue weighted by Crippen LogP contribution is 2.64. The first-order valence-corrected chi connectivity index (χ1v) is 10.7. The molecule has 0 radical (unpaired) electrons. The second-order valence-corrected chi connectivity index (χ2v) is 9.49. The molecule has 3 atom stereocenters. The van der Waals surface area contributed by atoms with E-state index in [2.05, 4.69) is 4.74 Å². The van der Waals surface area contributed by atoms with Gasteiger partial charge in [0.2, 0.25) is 0 Å². The van der Waals surface area contributed by atoms with Crippen LogP contribution in [0.1, 0.15) is 6.92 Å². The number of nitrogens with zero attached hydrogens (tertiary/aromatic N) is 1. The van der Waals surface area contributed by atoms with Gasteiger partial charge in [0.05, 0.1) is 39.2 Å². The fraction of sp³-hybridized carbons (Fsp3) is 0.895. The van der Waals surface area contributed by atoms with Gasteiger partial charge in [-0.25, -0.2) is 0 Å². The summed E-state index contributed by atoms with van der Waals surface area (Å²) in [5.74, 6) is -67.2. The number of carbonyl (C=O) groups is 2. The molecule has 0 aliphatic carbocycles. The van der Waals surface area contributed by atoms with Crippen molar-refractivity contribution in [2.45, 2.75) is 66.7 Å². The Bertz CT molecular complexity index is 1010. The third-order valence-electron chi connectivity index (χ3n) is 6.11. The lowest BCUT2D eigenvalue weighted by molar-refractivity contribution is -0.914. The number of ether oxygens (including phenoxy) is 1. The molecule has 3 unspecified atom stereocenters. The van der Waals surface area contributed by atoms with E-state index in [0.29, 0.717) is 14.1 Å². The maximum Gasteiger partial charge on any atom is 0.460 e. The number of halogens is 17. The molecule has 2 N–H and O–H groups in total. The SMILES string of the molecule is CC(=O)OC(C(CO)C(F)(F)C(F)(F)C(F)(F)C(F)(F)C(F)(F)C(F)(F)C(F)(F)C(F)(F)F)C(CO)[N+](C)(C)CC(=O)[O-]. The lowest BCUT2D eigenvalue weighted by Gasteiger charge is -2.47. The quantitative estimate of drug-likeness (QED) is 0.157. The van der Waals surface area contributed by atoms with Crippen LogP contribution in [0.25, 0.3) is 0 Å². The van der Waals surface area contributed by atoms with Crippen LogP contribution >= 0.6 is 0 Å². The van der Waals surface area contributed by atoms with Gasteiger partial charge in [-0.05, 0) is 0 Å². The van der Waals surface area contributed by atoms with Crippen LogP contribution in [-0.4, -0.2) is 120 Å². The molecule has 7 nitrogen and oxygen atoms in total. The van der Waals surface area contributed by atoms with E-state index in [4.69, 9.17) is 0 Å². The van der Waals surface area contributed by atoms with Gasteiger partial charge < -0.3 is 29.3 Å². The van der Waals surface area contributed by atoms with Crippen molar-refractivity contribution in [3.05, 3.63) is 0 Å². The van der Waals surface area contributed by atoms with E-state index >= 15 is 0 Å². The molecule has 0 aliphatic heterocycles. The Morgan fingerprint density at radius 2 is 1.02 bits per heavy atom. The number of aliphatic hydroxyl groups excluding tert-OH is 2. The van der Waals surface area contributed by atoms with Crippen molar-refractivity contribution in [3.63, 3.8) is 0 Å². The van der Waals surface area contributed by atoms with E-state index in [1.807, 2.05) is 0 Å². The number of aliphatic hydroxyl groups is 2. The van der Waals surface area contributed by atoms with Gasteiger partial charge in [0.25, 0.3) is 0 Å². The summed E-state index contributed by atoms with van der Waals surface area (Å²) in [6.45, 7) is -5.63. The maximum absolute atomic E-state index is 15.0. The third-order valence-corrected chi connectivity index (χ3v) is 6.11. The van der Waals surface area contributed by atoms with E-state index in [1.165, 1.54) is 0 Å². The number of quaternary nitrogens is 1. The summed E-state index contributed by atoms with van der Waals surface area (Å²) in [7, 11) is 1.26. The predicted molar refractivity (Wildman–Crippen MR) is 99.7 cm³/mol. The second-order valence-electron chi connectivity index (χ2n) is 9.49. The Hall–Kier alpha value is -2.37. The van der Waals surface area contributed by atoms with Gasteiger partial charge in [-0.2, -0.15) is 74.6 Å². The number of hydrogen-bond acceptors (Lipinski definition) is 6. The molecule has 256 valence electrons. The van der Waals surface area contributed by atoms with Crippen LogP contribution in [0.2, 0.25) is 0 Å². The normalized spacial score (nSPS) is 17.3. The van der Waals surface area contributed by atoms with E-state index in [1.54, 1.807) is 0 Å². The lowest BCUT2D eigenvalue weighted by Crippen LogP contribution is -2.75. The molecule has 0 saturated carbocycles. The monoisotopic (exact) mass is 681 g/mol. The number of hydrogen-bond donors (Lipinski definition) is 2. The summed E-state index contributed by atoms with van der Waals surface area (Å²) in [6, 6.07) is -2.54. The summed E-state index contributed by atoms with van der Waals surface area (Å²) >= 11 is 0. The fourth-order valence-electron chi connectivity index (χ4n) is 3.63. The highest BCUT2D eigenvalue weighted by molar-refractivity contribution is 5.66. The zero-order chi connectivity index (χ0) is 35.2. The van der Waals surface area contributed by atoms with Crippen molar-refractivity contribution in [3.8, 4) is 0 Å². The largest absolute Gasteiger partial charge is 0.544 e. The fourth-order valence-corrected chi connectivity index (χ4v) is 3.63. The van der Waals surface area contributed by atoms with Crippen LogP contribution in [0.3, 0.4) is 0 Å². The summed E-state index contributed by atoms with van der Waals surface area (Å²) < 4.78 is 235. The number of likely N-dealkylation sites (N-methyl/N-ethyl adjacent to an activating group) is 1. The van der Waals surface area contributed by atoms with Crippen LogP contribution in [0.4, 0.5) is 74.6 Å². The first kappa shape index (κ1) is 40.6. The summed E-state index contributed by atoms with van der Waals surface area (Å²) in [5.41, 5.74) is 0. The first-order chi connectivity index (χ1) is 18.6. The molecule has 0 aromatic heterocycles. The molecule has 0 saturated heterocycles. The number of carbonyl (C=O) groups excluding carboxylic acids is 2. The van der Waals surface area contributed by atoms with E-state index < -0.39 is 102 Å². The zero-order valence-electron chi connectivity index (χ0n) is 21.3. The van der Waals surface area contributed by atoms with E-state index in [0.717, 1.165) is 0 Å². The average Bonchev–Trinajstić information content (AvgIpc) is 2.76. The number of rotatable bonds is 15. The van der Waals surface area contributed by atoms with E-state index in [9.17, 15) is 99.5 Å². The number of carboxylic acids is 1. The number of esters is 1. The average molecular weight is 681 g/mol. The molecule has 0 aliphatic rings. The van der Waals surface area contributed by atoms with Gasteiger partial charge in [-0.3, -0.25) is 4.79 Å². The molecule has 0 spiro atoms. The maximum atomic E-state index is 15.0. The molecule has 0 heterocycles. The van der Waals surface area contributed by atoms with Gasteiger partial charge in [0.1, 0.15) is 6.54 Å². The number of carboxylic acid groups (broad SMARTS) is 1. The van der Waals surface area contributed by atoms with Gasteiger partial charge in [-0.1, -0.05) is 0 Å². The molecule has 0 aromatic rings. The smallest absolute Gasteiger partial charge is 0.460 e. The van der Waals surface area contributed by atoms with E-state index in [-0.39, 0.29) is 6.92 Å². The van der Waals surface area contributed by atoms with Crippen LogP contribution < -0.4 is 5.11 Å². The predicted octanol–water partition coefficient (Wildman–Crippen LogP) is 2.72. The van der Waals surface area contributed by atoms with Gasteiger partial charge in [0, 0.05) is 6.92 Å². The molecule has 24 heteroatoms. The molecule has 0 amide bonds. The Balaban J connectivity index is 7.36. The number of alkyl halides is 17. The minimum atomic E-state index is -8.89. The molecular weight excluding hydrogens is 661 g/mol. The van der Waals surface area contributed by atoms with Crippen LogP contribution in [-0.2, 0) is 14.3 Å². The Morgan fingerprint density at radius 1 is 0.674 bits per heavy atom. The second kappa shape index (κ2) is 11.9. The Kier molecular flexibility index (Phi) is 11.2. The first-order valence-electron chi connectivity index (χ1n) is 10.7. The highest BCUT2D eigenvalue weighted by Gasteiger charge is 2.95. The minimum absolute atomic E-state index is 0.261. The Labute approximate surface area is 228 Å².